The number of nitrogens with one attached hydrogen (secondary N) is 1. The van der Waals surface area contributed by atoms with Crippen LogP contribution in [-0.2, 0) is 17.8 Å². The fourth-order valence-electron chi connectivity index (χ4n) is 4.54. The molecule has 2 heterocycles. The summed E-state index contributed by atoms with van der Waals surface area (Å²) in [5, 5.41) is 3.73. The van der Waals surface area contributed by atoms with E-state index in [9.17, 15) is 4.79 Å². The molecule has 0 aliphatic carbocycles. The van der Waals surface area contributed by atoms with E-state index in [1.807, 2.05) is 30.5 Å². The first-order chi connectivity index (χ1) is 15.1. The van der Waals surface area contributed by atoms with Crippen LogP contribution in [0.1, 0.15) is 24.0 Å². The van der Waals surface area contributed by atoms with E-state index in [1.165, 1.54) is 5.56 Å². The van der Waals surface area contributed by atoms with Crippen LogP contribution >= 0.6 is 11.6 Å². The summed E-state index contributed by atoms with van der Waals surface area (Å²) in [6.07, 6.45) is 6.05. The van der Waals surface area contributed by atoms with Gasteiger partial charge in [0.1, 0.15) is 0 Å². The van der Waals surface area contributed by atoms with Crippen LogP contribution in [0.25, 0.3) is 11.1 Å². The Hall–Kier alpha value is -2.69. The summed E-state index contributed by atoms with van der Waals surface area (Å²) in [6, 6.07) is 20.5. The molecule has 1 aliphatic heterocycles. The maximum Gasteiger partial charge on any atom is 0.226 e. The molecule has 0 saturated carbocycles. The smallest absolute Gasteiger partial charge is 0.226 e. The summed E-state index contributed by atoms with van der Waals surface area (Å²) in [7, 11) is 1.74. The molecule has 0 spiro atoms. The summed E-state index contributed by atoms with van der Waals surface area (Å²) in [5.74, 6) is 0.136. The summed E-state index contributed by atoms with van der Waals surface area (Å²) < 4.78 is 0. The lowest BCUT2D eigenvalue weighted by atomic mass is 9.72. The summed E-state index contributed by atoms with van der Waals surface area (Å²) in [6.45, 7) is 2.57. The molecule has 2 aromatic carbocycles. The van der Waals surface area contributed by atoms with Crippen molar-refractivity contribution in [3.63, 3.8) is 0 Å². The topological polar surface area (TPSA) is 45.2 Å². The van der Waals surface area contributed by atoms with Gasteiger partial charge in [-0.2, -0.15) is 0 Å². The van der Waals surface area contributed by atoms with E-state index in [0.717, 1.165) is 60.6 Å². The van der Waals surface area contributed by atoms with Gasteiger partial charge in [-0.15, -0.1) is 0 Å². The average Bonchev–Trinajstić information content (AvgIpc) is 2.82. The molecule has 31 heavy (non-hydrogen) atoms. The van der Waals surface area contributed by atoms with Gasteiger partial charge in [-0.25, -0.2) is 0 Å². The second kappa shape index (κ2) is 9.63. The molecule has 1 amide bonds. The van der Waals surface area contributed by atoms with Gasteiger partial charge in [-0.1, -0.05) is 60.1 Å². The number of pyridine rings is 1. The van der Waals surface area contributed by atoms with E-state index in [2.05, 4.69) is 51.6 Å². The second-order valence-electron chi connectivity index (χ2n) is 8.35. The number of halogens is 1. The molecule has 1 N–H and O–H groups in total. The van der Waals surface area contributed by atoms with E-state index >= 15 is 0 Å². The van der Waals surface area contributed by atoms with Gasteiger partial charge in [0, 0.05) is 31.0 Å². The Labute approximate surface area is 189 Å². The molecule has 0 unspecified atom stereocenters. The number of hydrogen-bond acceptors (Lipinski definition) is 3. The van der Waals surface area contributed by atoms with E-state index in [0.29, 0.717) is 0 Å². The monoisotopic (exact) mass is 433 g/mol. The van der Waals surface area contributed by atoms with Crippen LogP contribution in [-0.4, -0.2) is 35.9 Å². The highest BCUT2D eigenvalue weighted by atomic mass is 35.5. The number of amides is 1. The Morgan fingerprint density at radius 2 is 1.84 bits per heavy atom. The molecule has 160 valence electrons. The van der Waals surface area contributed by atoms with Gasteiger partial charge in [0.2, 0.25) is 5.91 Å². The third-order valence-corrected chi connectivity index (χ3v) is 6.71. The number of nitrogens with zero attached hydrogens (tertiary/aromatic N) is 2. The number of likely N-dealkylation sites (tertiary alicyclic amines) is 1. The van der Waals surface area contributed by atoms with E-state index in [-0.39, 0.29) is 11.3 Å². The number of carbonyl (C=O) groups excluding carboxylic acids is 1. The van der Waals surface area contributed by atoms with Gasteiger partial charge >= 0.3 is 0 Å². The van der Waals surface area contributed by atoms with Gasteiger partial charge < -0.3 is 5.32 Å². The molecule has 1 fully saturated rings. The predicted octanol–water partition coefficient (Wildman–Crippen LogP) is 4.97. The Morgan fingerprint density at radius 1 is 1.06 bits per heavy atom. The molecule has 5 heteroatoms. The van der Waals surface area contributed by atoms with Crippen LogP contribution in [0, 0.1) is 5.41 Å². The highest BCUT2D eigenvalue weighted by molar-refractivity contribution is 6.31. The molecule has 0 radical (unpaired) electrons. The van der Waals surface area contributed by atoms with Gasteiger partial charge in [0.05, 0.1) is 5.41 Å². The molecule has 3 aromatic rings. The quantitative estimate of drug-likeness (QED) is 0.596. The zero-order valence-electron chi connectivity index (χ0n) is 17.9. The first-order valence-electron chi connectivity index (χ1n) is 10.8. The molecular weight excluding hydrogens is 406 g/mol. The first-order valence-corrected chi connectivity index (χ1v) is 11.1. The van der Waals surface area contributed by atoms with Crippen molar-refractivity contribution in [2.75, 3.05) is 20.1 Å². The Bertz CT molecular complexity index is 1030. The third kappa shape index (κ3) is 4.97. The van der Waals surface area contributed by atoms with Crippen molar-refractivity contribution in [2.45, 2.75) is 25.8 Å². The van der Waals surface area contributed by atoms with Crippen molar-refractivity contribution < 1.29 is 4.79 Å². The lowest BCUT2D eigenvalue weighted by molar-refractivity contribution is -0.133. The first kappa shape index (κ1) is 21.5. The van der Waals surface area contributed by atoms with Crippen molar-refractivity contribution in [1.82, 2.24) is 15.2 Å². The fourth-order valence-corrected chi connectivity index (χ4v) is 4.74. The number of benzene rings is 2. The molecule has 0 atom stereocenters. The standard InChI is InChI=1S/C26H28ClN3O/c1-28-25(31)26(11-14-30(15-12-26)19-23-7-2-3-10-24(23)27)17-20-6-4-8-21(16-20)22-9-5-13-29-18-22/h2-10,13,16,18H,11-12,14-15,17,19H2,1H3,(H,28,31). The van der Waals surface area contributed by atoms with Crippen LogP contribution in [0.5, 0.6) is 0 Å². The number of rotatable bonds is 6. The molecule has 1 saturated heterocycles. The van der Waals surface area contributed by atoms with Crippen LogP contribution in [0.2, 0.25) is 5.02 Å². The molecule has 0 bridgehead atoms. The Kier molecular flexibility index (Phi) is 6.69. The third-order valence-electron chi connectivity index (χ3n) is 6.34. The second-order valence-corrected chi connectivity index (χ2v) is 8.75. The van der Waals surface area contributed by atoms with Crippen LogP contribution in [0.15, 0.2) is 73.1 Å². The minimum atomic E-state index is -0.390. The van der Waals surface area contributed by atoms with E-state index < -0.39 is 0 Å². The largest absolute Gasteiger partial charge is 0.359 e. The molecule has 1 aromatic heterocycles. The SMILES string of the molecule is CNC(=O)C1(Cc2cccc(-c3cccnc3)c2)CCN(Cc2ccccc2Cl)CC1. The number of carbonyl (C=O) groups is 1. The number of piperidine rings is 1. The minimum absolute atomic E-state index is 0.136. The minimum Gasteiger partial charge on any atom is -0.359 e. The highest BCUT2D eigenvalue weighted by Gasteiger charge is 2.40. The summed E-state index contributed by atoms with van der Waals surface area (Å²) in [5.41, 5.74) is 4.16. The maximum atomic E-state index is 13.0. The zero-order chi connectivity index (χ0) is 21.7. The van der Waals surface area contributed by atoms with Gasteiger partial charge in [-0.05, 0) is 66.7 Å². The van der Waals surface area contributed by atoms with Crippen molar-refractivity contribution in [3.05, 3.63) is 89.2 Å². The predicted molar refractivity (Wildman–Crippen MR) is 126 cm³/mol. The maximum absolute atomic E-state index is 13.0. The Morgan fingerprint density at radius 3 is 2.55 bits per heavy atom. The summed E-state index contributed by atoms with van der Waals surface area (Å²) in [4.78, 5) is 19.6. The fraction of sp³-hybridized carbons (Fsp3) is 0.308. The van der Waals surface area contributed by atoms with Gasteiger partial charge in [-0.3, -0.25) is 14.7 Å². The van der Waals surface area contributed by atoms with E-state index in [1.54, 1.807) is 13.2 Å². The zero-order valence-corrected chi connectivity index (χ0v) is 18.6. The number of aromatic nitrogens is 1. The molecule has 1 aliphatic rings. The van der Waals surface area contributed by atoms with Crippen molar-refractivity contribution in [1.29, 1.82) is 0 Å². The molecule has 4 rings (SSSR count). The van der Waals surface area contributed by atoms with Crippen molar-refractivity contribution in [2.24, 2.45) is 5.41 Å². The van der Waals surface area contributed by atoms with Gasteiger partial charge in [0.15, 0.2) is 0 Å². The highest BCUT2D eigenvalue weighted by Crippen LogP contribution is 2.37. The summed E-state index contributed by atoms with van der Waals surface area (Å²) >= 11 is 6.35. The lowest BCUT2D eigenvalue weighted by Gasteiger charge is -2.40. The lowest BCUT2D eigenvalue weighted by Crippen LogP contribution is -2.49. The van der Waals surface area contributed by atoms with Crippen LogP contribution in [0.4, 0.5) is 0 Å². The number of hydrogen-bond donors (Lipinski definition) is 1. The normalized spacial score (nSPS) is 16.1. The Balaban J connectivity index is 1.50. The average molecular weight is 434 g/mol. The van der Waals surface area contributed by atoms with Crippen LogP contribution < -0.4 is 5.32 Å². The molecule has 4 nitrogen and oxygen atoms in total. The van der Waals surface area contributed by atoms with Gasteiger partial charge in [0.25, 0.3) is 0 Å². The van der Waals surface area contributed by atoms with Crippen molar-refractivity contribution in [3.8, 4) is 11.1 Å². The molecular formula is C26H28ClN3O. The van der Waals surface area contributed by atoms with Crippen molar-refractivity contribution >= 4 is 17.5 Å². The van der Waals surface area contributed by atoms with E-state index in [4.69, 9.17) is 11.6 Å². The van der Waals surface area contributed by atoms with Crippen LogP contribution in [0.3, 0.4) is 0 Å².